The summed E-state index contributed by atoms with van der Waals surface area (Å²) in [7, 11) is 0. The first kappa shape index (κ1) is 17.3. The van der Waals surface area contributed by atoms with Gasteiger partial charge in [-0.05, 0) is 43.5 Å². The molecule has 27 heavy (non-hydrogen) atoms. The SMILES string of the molecule is O=C(Nc1ccc(-n2c(O)c3n(c2=O)CCCC3)c(Cl)c1)c1ccncn1. The minimum absolute atomic E-state index is 0.0839. The second kappa shape index (κ2) is 6.88. The number of nitrogens with zero attached hydrogens (tertiary/aromatic N) is 4. The molecule has 0 unspecified atom stereocenters. The number of nitrogens with one attached hydrogen (secondary N) is 1. The third kappa shape index (κ3) is 3.08. The number of aromatic nitrogens is 4. The zero-order valence-electron chi connectivity index (χ0n) is 14.2. The van der Waals surface area contributed by atoms with E-state index in [-0.39, 0.29) is 22.3 Å². The van der Waals surface area contributed by atoms with Crippen LogP contribution in [-0.4, -0.2) is 30.1 Å². The second-order valence-corrected chi connectivity index (χ2v) is 6.62. The fraction of sp³-hybridized carbons (Fsp3) is 0.222. The minimum atomic E-state index is -0.402. The van der Waals surface area contributed by atoms with E-state index >= 15 is 0 Å². The van der Waals surface area contributed by atoms with Crippen molar-refractivity contribution in [3.63, 3.8) is 0 Å². The van der Waals surface area contributed by atoms with Crippen LogP contribution in [0.1, 0.15) is 29.0 Å². The standard InChI is InChI=1S/C18H16ClN5O3/c19-12-9-11(22-16(25)13-6-7-20-10-21-13)4-5-14(12)24-17(26)15-3-1-2-8-23(15)18(24)27/h4-7,9-10,26H,1-3,8H2,(H,22,25). The number of anilines is 1. The number of halogens is 1. The molecule has 2 N–H and O–H groups in total. The number of imidazole rings is 1. The van der Waals surface area contributed by atoms with Gasteiger partial charge in [-0.1, -0.05) is 11.6 Å². The van der Waals surface area contributed by atoms with Crippen LogP contribution in [0.2, 0.25) is 5.02 Å². The molecule has 0 atom stereocenters. The molecule has 0 saturated carbocycles. The number of hydrogen-bond donors (Lipinski definition) is 2. The topological polar surface area (TPSA) is 102 Å². The van der Waals surface area contributed by atoms with Crippen molar-refractivity contribution in [2.75, 3.05) is 5.32 Å². The number of amides is 1. The first-order chi connectivity index (χ1) is 13.1. The van der Waals surface area contributed by atoms with Gasteiger partial charge in [-0.15, -0.1) is 0 Å². The van der Waals surface area contributed by atoms with Crippen molar-refractivity contribution < 1.29 is 9.90 Å². The molecule has 1 aliphatic heterocycles. The Balaban J connectivity index is 1.66. The fourth-order valence-corrected chi connectivity index (χ4v) is 3.48. The van der Waals surface area contributed by atoms with E-state index in [0.717, 1.165) is 12.8 Å². The van der Waals surface area contributed by atoms with Crippen molar-refractivity contribution in [1.29, 1.82) is 0 Å². The molecule has 138 valence electrons. The van der Waals surface area contributed by atoms with Gasteiger partial charge in [0, 0.05) is 18.4 Å². The molecule has 0 bridgehead atoms. The molecule has 9 heteroatoms. The number of hydrogen-bond acceptors (Lipinski definition) is 5. The molecule has 0 fully saturated rings. The first-order valence-corrected chi connectivity index (χ1v) is 8.84. The van der Waals surface area contributed by atoms with Crippen molar-refractivity contribution in [2.24, 2.45) is 0 Å². The Morgan fingerprint density at radius 2 is 2.11 bits per heavy atom. The molecule has 0 aliphatic carbocycles. The number of benzene rings is 1. The van der Waals surface area contributed by atoms with Crippen LogP contribution in [0, 0.1) is 0 Å². The summed E-state index contributed by atoms with van der Waals surface area (Å²) < 4.78 is 2.79. The van der Waals surface area contributed by atoms with Crippen molar-refractivity contribution in [3.8, 4) is 11.6 Å². The number of carbonyl (C=O) groups is 1. The number of rotatable bonds is 3. The zero-order chi connectivity index (χ0) is 19.0. The molecule has 0 saturated heterocycles. The lowest BCUT2D eigenvalue weighted by molar-refractivity contribution is 0.102. The molecule has 1 aromatic carbocycles. The van der Waals surface area contributed by atoms with E-state index in [1.165, 1.54) is 29.2 Å². The average molecular weight is 386 g/mol. The third-order valence-corrected chi connectivity index (χ3v) is 4.83. The minimum Gasteiger partial charge on any atom is -0.493 e. The van der Waals surface area contributed by atoms with E-state index in [9.17, 15) is 14.7 Å². The van der Waals surface area contributed by atoms with Gasteiger partial charge in [0.1, 0.15) is 12.0 Å². The van der Waals surface area contributed by atoms with Gasteiger partial charge in [0.15, 0.2) is 0 Å². The predicted octanol–water partition coefficient (Wildman–Crippen LogP) is 2.38. The lowest BCUT2D eigenvalue weighted by Gasteiger charge is -2.12. The Labute approximate surface area is 159 Å². The highest BCUT2D eigenvalue weighted by molar-refractivity contribution is 6.32. The summed E-state index contributed by atoms with van der Waals surface area (Å²) in [5.74, 6) is -0.486. The summed E-state index contributed by atoms with van der Waals surface area (Å²) >= 11 is 6.34. The average Bonchev–Trinajstić information content (AvgIpc) is 2.94. The number of aromatic hydroxyl groups is 1. The van der Waals surface area contributed by atoms with E-state index in [1.54, 1.807) is 16.7 Å². The van der Waals surface area contributed by atoms with E-state index in [1.807, 2.05) is 0 Å². The molecule has 8 nitrogen and oxygen atoms in total. The van der Waals surface area contributed by atoms with E-state index in [2.05, 4.69) is 15.3 Å². The number of fused-ring (bicyclic) bond motifs is 1. The molecule has 1 amide bonds. The van der Waals surface area contributed by atoms with E-state index in [0.29, 0.717) is 30.0 Å². The van der Waals surface area contributed by atoms with Crippen molar-refractivity contribution in [2.45, 2.75) is 25.8 Å². The second-order valence-electron chi connectivity index (χ2n) is 6.21. The van der Waals surface area contributed by atoms with Crippen LogP contribution in [0.15, 0.2) is 41.6 Å². The molecule has 3 aromatic rings. The number of carbonyl (C=O) groups excluding carboxylic acids is 1. The van der Waals surface area contributed by atoms with Gasteiger partial charge in [-0.2, -0.15) is 0 Å². The fourth-order valence-electron chi connectivity index (χ4n) is 3.22. The summed E-state index contributed by atoms with van der Waals surface area (Å²) in [6.07, 6.45) is 5.24. The van der Waals surface area contributed by atoms with Crippen LogP contribution in [0.5, 0.6) is 5.88 Å². The Morgan fingerprint density at radius 3 is 2.81 bits per heavy atom. The Hall–Kier alpha value is -3.13. The van der Waals surface area contributed by atoms with Crippen molar-refractivity contribution >= 4 is 23.2 Å². The normalized spacial score (nSPS) is 13.2. The first-order valence-electron chi connectivity index (χ1n) is 8.47. The summed E-state index contributed by atoms with van der Waals surface area (Å²) in [4.78, 5) is 32.5. The van der Waals surface area contributed by atoms with Crippen LogP contribution in [0.25, 0.3) is 5.69 Å². The van der Waals surface area contributed by atoms with Crippen molar-refractivity contribution in [1.82, 2.24) is 19.1 Å². The van der Waals surface area contributed by atoms with Crippen molar-refractivity contribution in [3.05, 3.63) is 63.7 Å². The highest BCUT2D eigenvalue weighted by Gasteiger charge is 2.23. The highest BCUT2D eigenvalue weighted by atomic mass is 35.5. The smallest absolute Gasteiger partial charge is 0.335 e. The molecule has 2 aromatic heterocycles. The summed E-state index contributed by atoms with van der Waals surface area (Å²) in [6, 6.07) is 6.22. The molecule has 3 heterocycles. The zero-order valence-corrected chi connectivity index (χ0v) is 15.0. The lowest BCUT2D eigenvalue weighted by atomic mass is 10.1. The summed E-state index contributed by atoms with van der Waals surface area (Å²) in [5, 5.41) is 13.4. The molecule has 1 aliphatic rings. The maximum atomic E-state index is 12.7. The van der Waals surface area contributed by atoms with Crippen LogP contribution in [0.4, 0.5) is 5.69 Å². The van der Waals surface area contributed by atoms with Gasteiger partial charge in [0.05, 0.1) is 16.4 Å². The monoisotopic (exact) mass is 385 g/mol. The van der Waals surface area contributed by atoms with Gasteiger partial charge >= 0.3 is 5.69 Å². The summed E-state index contributed by atoms with van der Waals surface area (Å²) in [6.45, 7) is 0.583. The largest absolute Gasteiger partial charge is 0.493 e. The maximum absolute atomic E-state index is 12.7. The van der Waals surface area contributed by atoms with Gasteiger partial charge in [0.25, 0.3) is 5.91 Å². The molecule has 0 radical (unpaired) electrons. The Morgan fingerprint density at radius 1 is 1.26 bits per heavy atom. The van der Waals surface area contributed by atoms with E-state index < -0.39 is 5.91 Å². The third-order valence-electron chi connectivity index (χ3n) is 4.52. The summed E-state index contributed by atoms with van der Waals surface area (Å²) in [5.41, 5.74) is 1.34. The van der Waals surface area contributed by atoms with Gasteiger partial charge in [-0.25, -0.2) is 19.3 Å². The van der Waals surface area contributed by atoms with Crippen LogP contribution in [-0.2, 0) is 13.0 Å². The van der Waals surface area contributed by atoms with Gasteiger partial charge in [0.2, 0.25) is 5.88 Å². The maximum Gasteiger partial charge on any atom is 0.335 e. The molecule has 4 rings (SSSR count). The lowest BCUT2D eigenvalue weighted by Crippen LogP contribution is -2.26. The predicted molar refractivity (Wildman–Crippen MR) is 99.6 cm³/mol. The highest BCUT2D eigenvalue weighted by Crippen LogP contribution is 2.30. The van der Waals surface area contributed by atoms with Gasteiger partial charge in [-0.3, -0.25) is 9.36 Å². The van der Waals surface area contributed by atoms with Crippen LogP contribution in [0.3, 0.4) is 0 Å². The molecule has 0 spiro atoms. The van der Waals surface area contributed by atoms with Gasteiger partial charge < -0.3 is 10.4 Å². The van der Waals surface area contributed by atoms with Crippen LogP contribution < -0.4 is 11.0 Å². The quantitative estimate of drug-likeness (QED) is 0.720. The Kier molecular flexibility index (Phi) is 4.41. The van der Waals surface area contributed by atoms with Crippen LogP contribution >= 0.6 is 11.6 Å². The molecular formula is C18H16ClN5O3. The van der Waals surface area contributed by atoms with E-state index in [4.69, 9.17) is 11.6 Å². The Bertz CT molecular complexity index is 1070. The molecular weight excluding hydrogens is 370 g/mol.